The number of hydrogen-bond donors (Lipinski definition) is 3. The minimum atomic E-state index is -0.173. The van der Waals surface area contributed by atoms with E-state index in [4.69, 9.17) is 15.7 Å². The molecule has 1 atom stereocenters. The van der Waals surface area contributed by atoms with Gasteiger partial charge in [0, 0.05) is 12.7 Å². The van der Waals surface area contributed by atoms with E-state index in [0.717, 1.165) is 5.56 Å². The summed E-state index contributed by atoms with van der Waals surface area (Å²) in [5.74, 6) is 0.626. The van der Waals surface area contributed by atoms with Crippen LogP contribution in [-0.4, -0.2) is 53.5 Å². The van der Waals surface area contributed by atoms with Crippen LogP contribution in [0.3, 0.4) is 0 Å². The second kappa shape index (κ2) is 5.85. The Kier molecular flexibility index (Phi) is 4.18. The molecule has 0 saturated carbocycles. The summed E-state index contributed by atoms with van der Waals surface area (Å²) in [5.41, 5.74) is 7.18. The van der Waals surface area contributed by atoms with Crippen molar-refractivity contribution in [2.24, 2.45) is 10.9 Å². The molecule has 7 nitrogen and oxygen atoms in total. The number of aliphatic hydroxyl groups excluding tert-OH is 1. The van der Waals surface area contributed by atoms with E-state index in [-0.39, 0.29) is 18.5 Å². The highest BCUT2D eigenvalue weighted by atomic mass is 16.5. The Morgan fingerprint density at radius 2 is 2.47 bits per heavy atom. The molecule has 104 valence electrons. The van der Waals surface area contributed by atoms with Crippen LogP contribution in [0, 0.1) is 6.92 Å². The number of amidine groups is 1. The third-order valence-electron chi connectivity index (χ3n) is 3.21. The summed E-state index contributed by atoms with van der Waals surface area (Å²) in [6.45, 7) is 3.43. The maximum Gasteiger partial charge on any atom is 0.174 e. The molecule has 1 aliphatic rings. The average molecular weight is 266 g/mol. The summed E-state index contributed by atoms with van der Waals surface area (Å²) in [6.07, 6.45) is 1.67. The number of aryl methyl sites for hydroxylation is 1. The molecular weight excluding hydrogens is 248 g/mol. The molecule has 0 amide bonds. The molecule has 2 rings (SSSR count). The Morgan fingerprint density at radius 3 is 3.16 bits per heavy atom. The fourth-order valence-corrected chi connectivity index (χ4v) is 2.21. The van der Waals surface area contributed by atoms with Crippen LogP contribution in [-0.2, 0) is 4.74 Å². The van der Waals surface area contributed by atoms with Crippen molar-refractivity contribution in [1.82, 2.24) is 4.98 Å². The Balaban J connectivity index is 2.46. The highest BCUT2D eigenvalue weighted by Gasteiger charge is 2.27. The van der Waals surface area contributed by atoms with E-state index in [1.807, 2.05) is 11.8 Å². The molecule has 1 aromatic rings. The van der Waals surface area contributed by atoms with Crippen LogP contribution in [0.4, 0.5) is 5.82 Å². The van der Waals surface area contributed by atoms with Crippen LogP contribution < -0.4 is 10.6 Å². The zero-order chi connectivity index (χ0) is 13.8. The number of aliphatic hydroxyl groups is 1. The largest absolute Gasteiger partial charge is 0.409 e. The Hall–Kier alpha value is -1.86. The quantitative estimate of drug-likeness (QED) is 0.300. The lowest BCUT2D eigenvalue weighted by atomic mass is 10.1. The second-order valence-corrected chi connectivity index (χ2v) is 4.42. The molecule has 0 spiro atoms. The number of ether oxygens (including phenoxy) is 1. The van der Waals surface area contributed by atoms with E-state index in [1.54, 1.807) is 12.3 Å². The molecule has 7 heteroatoms. The molecule has 0 radical (unpaired) electrons. The summed E-state index contributed by atoms with van der Waals surface area (Å²) < 4.78 is 5.34. The van der Waals surface area contributed by atoms with E-state index in [1.165, 1.54) is 0 Å². The molecule has 1 fully saturated rings. The van der Waals surface area contributed by atoms with Gasteiger partial charge in [-0.3, -0.25) is 0 Å². The second-order valence-electron chi connectivity index (χ2n) is 4.42. The van der Waals surface area contributed by atoms with Crippen molar-refractivity contribution in [3.63, 3.8) is 0 Å². The average Bonchev–Trinajstić information content (AvgIpc) is 2.46. The van der Waals surface area contributed by atoms with Crippen LogP contribution in [0.15, 0.2) is 17.4 Å². The summed E-state index contributed by atoms with van der Waals surface area (Å²) >= 11 is 0. The molecule has 1 aliphatic heterocycles. The maximum atomic E-state index is 9.42. The van der Waals surface area contributed by atoms with Gasteiger partial charge < -0.3 is 25.7 Å². The summed E-state index contributed by atoms with van der Waals surface area (Å²) in [7, 11) is 0. The lowest BCUT2D eigenvalue weighted by molar-refractivity contribution is 0.0722. The Bertz CT molecular complexity index is 478. The van der Waals surface area contributed by atoms with Gasteiger partial charge >= 0.3 is 0 Å². The third kappa shape index (κ3) is 2.61. The van der Waals surface area contributed by atoms with Crippen molar-refractivity contribution in [2.75, 3.05) is 31.3 Å². The number of rotatable bonds is 3. The lowest BCUT2D eigenvalue weighted by Gasteiger charge is -2.36. The number of morpholine rings is 1. The smallest absolute Gasteiger partial charge is 0.174 e. The van der Waals surface area contributed by atoms with E-state index in [2.05, 4.69) is 10.1 Å². The zero-order valence-corrected chi connectivity index (χ0v) is 10.8. The van der Waals surface area contributed by atoms with E-state index in [0.29, 0.717) is 31.1 Å². The molecule has 2 heterocycles. The first kappa shape index (κ1) is 13.6. The maximum absolute atomic E-state index is 9.42. The summed E-state index contributed by atoms with van der Waals surface area (Å²) in [4.78, 5) is 6.25. The number of hydrogen-bond acceptors (Lipinski definition) is 6. The van der Waals surface area contributed by atoms with Gasteiger partial charge in [-0.15, -0.1) is 0 Å². The first-order chi connectivity index (χ1) is 9.19. The van der Waals surface area contributed by atoms with Crippen LogP contribution >= 0.6 is 0 Å². The number of aromatic nitrogens is 1. The monoisotopic (exact) mass is 266 g/mol. The SMILES string of the molecule is Cc1ccnc(N2CCOCC2CO)c1/C(N)=N/O. The van der Waals surface area contributed by atoms with Crippen LogP contribution in [0.5, 0.6) is 0 Å². The summed E-state index contributed by atoms with van der Waals surface area (Å²) in [5, 5.41) is 21.4. The van der Waals surface area contributed by atoms with E-state index >= 15 is 0 Å². The van der Waals surface area contributed by atoms with Crippen molar-refractivity contribution >= 4 is 11.7 Å². The molecule has 1 aromatic heterocycles. The minimum absolute atomic E-state index is 0.0174. The van der Waals surface area contributed by atoms with E-state index < -0.39 is 0 Å². The van der Waals surface area contributed by atoms with Gasteiger partial charge in [-0.2, -0.15) is 0 Å². The molecule has 0 aliphatic carbocycles. The Labute approximate surface area is 111 Å². The minimum Gasteiger partial charge on any atom is -0.409 e. The highest BCUT2D eigenvalue weighted by Crippen LogP contribution is 2.24. The van der Waals surface area contributed by atoms with Crippen LogP contribution in [0.1, 0.15) is 11.1 Å². The fourth-order valence-electron chi connectivity index (χ4n) is 2.21. The lowest BCUT2D eigenvalue weighted by Crippen LogP contribution is -2.48. The normalized spacial score (nSPS) is 20.6. The van der Waals surface area contributed by atoms with Gasteiger partial charge in [0.25, 0.3) is 0 Å². The molecule has 1 saturated heterocycles. The van der Waals surface area contributed by atoms with Crippen molar-refractivity contribution < 1.29 is 15.1 Å². The number of nitrogens with zero attached hydrogens (tertiary/aromatic N) is 3. The van der Waals surface area contributed by atoms with Gasteiger partial charge in [0.1, 0.15) is 5.82 Å². The number of oxime groups is 1. The topological polar surface area (TPSA) is 104 Å². The van der Waals surface area contributed by atoms with Crippen molar-refractivity contribution in [3.8, 4) is 0 Å². The van der Waals surface area contributed by atoms with Gasteiger partial charge in [-0.05, 0) is 18.6 Å². The van der Waals surface area contributed by atoms with E-state index in [9.17, 15) is 5.11 Å². The van der Waals surface area contributed by atoms with Gasteiger partial charge in [0.2, 0.25) is 0 Å². The van der Waals surface area contributed by atoms with Crippen LogP contribution in [0.2, 0.25) is 0 Å². The highest BCUT2D eigenvalue weighted by molar-refractivity contribution is 6.02. The van der Waals surface area contributed by atoms with Gasteiger partial charge in [0.05, 0.1) is 31.4 Å². The Morgan fingerprint density at radius 1 is 1.68 bits per heavy atom. The molecule has 0 bridgehead atoms. The first-order valence-electron chi connectivity index (χ1n) is 6.07. The third-order valence-corrected chi connectivity index (χ3v) is 3.21. The van der Waals surface area contributed by atoms with Crippen molar-refractivity contribution in [1.29, 1.82) is 0 Å². The van der Waals surface area contributed by atoms with Gasteiger partial charge in [-0.1, -0.05) is 5.16 Å². The van der Waals surface area contributed by atoms with Crippen molar-refractivity contribution in [2.45, 2.75) is 13.0 Å². The molecular formula is C12H18N4O3. The predicted octanol–water partition coefficient (Wildman–Crippen LogP) is -0.318. The van der Waals surface area contributed by atoms with Crippen LogP contribution in [0.25, 0.3) is 0 Å². The zero-order valence-electron chi connectivity index (χ0n) is 10.8. The molecule has 0 aromatic carbocycles. The van der Waals surface area contributed by atoms with Gasteiger partial charge in [0.15, 0.2) is 5.84 Å². The fraction of sp³-hybridized carbons (Fsp3) is 0.500. The predicted molar refractivity (Wildman–Crippen MR) is 70.5 cm³/mol. The first-order valence-corrected chi connectivity index (χ1v) is 6.07. The molecule has 4 N–H and O–H groups in total. The van der Waals surface area contributed by atoms with Crippen molar-refractivity contribution in [3.05, 3.63) is 23.4 Å². The standard InChI is InChI=1S/C12H18N4O3/c1-8-2-3-14-12(10(8)11(13)15-18)16-4-5-19-7-9(16)6-17/h2-3,9,17-18H,4-7H2,1H3,(H2,13,15). The number of anilines is 1. The number of pyridine rings is 1. The molecule has 1 unspecified atom stereocenters. The van der Waals surface area contributed by atoms with Gasteiger partial charge in [-0.25, -0.2) is 4.98 Å². The summed E-state index contributed by atoms with van der Waals surface area (Å²) in [6, 6.07) is 1.62. The number of nitrogens with two attached hydrogens (primary N) is 1. The molecule has 19 heavy (non-hydrogen) atoms.